The predicted octanol–water partition coefficient (Wildman–Crippen LogP) is 4.36. The molecule has 0 bridgehead atoms. The molecule has 1 fully saturated rings. The maximum absolute atomic E-state index is 12.8. The lowest BCUT2D eigenvalue weighted by Crippen LogP contribution is -2.50. The Balaban J connectivity index is 1.32. The first kappa shape index (κ1) is 21.6. The number of piperazine rings is 1. The largest absolute Gasteiger partial charge is 0.454 e. The van der Waals surface area contributed by atoms with E-state index in [1.807, 2.05) is 18.2 Å². The summed E-state index contributed by atoms with van der Waals surface area (Å²) in [6.45, 7) is 4.35. The van der Waals surface area contributed by atoms with Crippen molar-refractivity contribution in [3.05, 3.63) is 88.9 Å². The molecule has 1 N–H and O–H groups in total. The summed E-state index contributed by atoms with van der Waals surface area (Å²) in [5.74, 6) is 1.38. The second kappa shape index (κ2) is 9.73. The molecule has 0 saturated carbocycles. The number of halogens is 1. The van der Waals surface area contributed by atoms with Gasteiger partial charge in [-0.1, -0.05) is 41.9 Å². The fourth-order valence-electron chi connectivity index (χ4n) is 4.43. The summed E-state index contributed by atoms with van der Waals surface area (Å²) in [5, 5.41) is 3.66. The second-order valence-corrected chi connectivity index (χ2v) is 8.64. The number of nitrogens with one attached hydrogen (secondary N) is 1. The predicted molar refractivity (Wildman–Crippen MR) is 129 cm³/mol. The molecule has 0 spiro atoms. The molecule has 1 saturated heterocycles. The summed E-state index contributed by atoms with van der Waals surface area (Å²) in [5.41, 5.74) is 2.89. The topological polar surface area (TPSA) is 54.0 Å². The van der Waals surface area contributed by atoms with E-state index in [0.717, 1.165) is 43.2 Å². The van der Waals surface area contributed by atoms with E-state index >= 15 is 0 Å². The van der Waals surface area contributed by atoms with E-state index in [1.165, 1.54) is 5.69 Å². The zero-order chi connectivity index (χ0) is 22.6. The Bertz CT molecular complexity index is 1120. The number of anilines is 1. The van der Waals surface area contributed by atoms with E-state index in [1.54, 1.807) is 24.3 Å². The highest BCUT2D eigenvalue weighted by atomic mass is 35.5. The number of hydrogen-bond acceptors (Lipinski definition) is 5. The molecule has 0 aliphatic carbocycles. The molecule has 170 valence electrons. The van der Waals surface area contributed by atoms with Gasteiger partial charge in [0.2, 0.25) is 6.79 Å². The van der Waals surface area contributed by atoms with Crippen LogP contribution < -0.4 is 19.7 Å². The van der Waals surface area contributed by atoms with Crippen LogP contribution in [0.3, 0.4) is 0 Å². The number of benzene rings is 3. The quantitative estimate of drug-likeness (QED) is 0.588. The molecular formula is C26H26ClN3O3. The minimum Gasteiger partial charge on any atom is -0.454 e. The van der Waals surface area contributed by atoms with Gasteiger partial charge in [0.25, 0.3) is 5.91 Å². The van der Waals surface area contributed by atoms with Crippen LogP contribution in [0, 0.1) is 0 Å². The summed E-state index contributed by atoms with van der Waals surface area (Å²) >= 11 is 6.07. The van der Waals surface area contributed by atoms with Crippen LogP contribution in [0.4, 0.5) is 5.69 Å². The molecule has 0 aromatic heterocycles. The standard InChI is InChI=1S/C26H26ClN3O3/c27-21-6-4-5-20(15-21)26(31)28-17-23(19-9-10-24-25(16-19)33-18-32-24)30-13-11-29(12-14-30)22-7-2-1-3-8-22/h1-10,15-16,23H,11-14,17-18H2,(H,28,31)/t23-/m1/s1. The van der Waals surface area contributed by atoms with Crippen molar-refractivity contribution in [1.82, 2.24) is 10.2 Å². The zero-order valence-corrected chi connectivity index (χ0v) is 19.0. The number of ether oxygens (including phenoxy) is 2. The van der Waals surface area contributed by atoms with Crippen molar-refractivity contribution < 1.29 is 14.3 Å². The molecule has 2 aliphatic rings. The number of para-hydroxylation sites is 1. The van der Waals surface area contributed by atoms with Crippen molar-refractivity contribution in [2.24, 2.45) is 0 Å². The van der Waals surface area contributed by atoms with Gasteiger partial charge in [0.1, 0.15) is 0 Å². The molecular weight excluding hydrogens is 438 g/mol. The number of carbonyl (C=O) groups is 1. The van der Waals surface area contributed by atoms with Gasteiger partial charge in [0.15, 0.2) is 11.5 Å². The highest BCUT2D eigenvalue weighted by Crippen LogP contribution is 2.35. The van der Waals surface area contributed by atoms with Gasteiger partial charge in [-0.15, -0.1) is 0 Å². The van der Waals surface area contributed by atoms with Crippen LogP contribution in [0.2, 0.25) is 5.02 Å². The average Bonchev–Trinajstić information content (AvgIpc) is 3.33. The first-order valence-corrected chi connectivity index (χ1v) is 11.5. The van der Waals surface area contributed by atoms with Crippen molar-refractivity contribution >= 4 is 23.2 Å². The Morgan fingerprint density at radius 2 is 1.70 bits per heavy atom. The van der Waals surface area contributed by atoms with Crippen molar-refractivity contribution in [3.63, 3.8) is 0 Å². The van der Waals surface area contributed by atoms with E-state index in [9.17, 15) is 4.79 Å². The number of nitrogens with zero attached hydrogens (tertiary/aromatic N) is 2. The first-order chi connectivity index (χ1) is 16.2. The van der Waals surface area contributed by atoms with Gasteiger partial charge in [-0.25, -0.2) is 0 Å². The van der Waals surface area contributed by atoms with Gasteiger partial charge in [-0.3, -0.25) is 9.69 Å². The minimum absolute atomic E-state index is 0.0144. The fraction of sp³-hybridized carbons (Fsp3) is 0.269. The normalized spacial score (nSPS) is 16.5. The van der Waals surface area contributed by atoms with Crippen LogP contribution >= 0.6 is 11.6 Å². The van der Waals surface area contributed by atoms with Gasteiger partial charge in [-0.2, -0.15) is 0 Å². The smallest absolute Gasteiger partial charge is 0.251 e. The summed E-state index contributed by atoms with van der Waals surface area (Å²) in [6, 6.07) is 23.5. The van der Waals surface area contributed by atoms with Crippen LogP contribution in [0.5, 0.6) is 11.5 Å². The Morgan fingerprint density at radius 3 is 2.48 bits per heavy atom. The first-order valence-electron chi connectivity index (χ1n) is 11.1. The average molecular weight is 464 g/mol. The Kier molecular flexibility index (Phi) is 6.37. The molecule has 33 heavy (non-hydrogen) atoms. The lowest BCUT2D eigenvalue weighted by atomic mass is 10.0. The highest BCUT2D eigenvalue weighted by Gasteiger charge is 2.27. The number of carbonyl (C=O) groups excluding carboxylic acids is 1. The highest BCUT2D eigenvalue weighted by molar-refractivity contribution is 6.30. The molecule has 0 unspecified atom stereocenters. The van der Waals surface area contributed by atoms with Crippen LogP contribution in [0.25, 0.3) is 0 Å². The SMILES string of the molecule is O=C(NC[C@H](c1ccc2c(c1)OCO2)N1CCN(c2ccccc2)CC1)c1cccc(Cl)c1. The van der Waals surface area contributed by atoms with Gasteiger partial charge in [0.05, 0.1) is 6.04 Å². The van der Waals surface area contributed by atoms with Crippen LogP contribution in [-0.2, 0) is 0 Å². The molecule has 0 radical (unpaired) electrons. The third kappa shape index (κ3) is 4.92. The van der Waals surface area contributed by atoms with E-state index in [0.29, 0.717) is 17.1 Å². The lowest BCUT2D eigenvalue weighted by Gasteiger charge is -2.40. The zero-order valence-electron chi connectivity index (χ0n) is 18.2. The van der Waals surface area contributed by atoms with Crippen molar-refractivity contribution in [2.45, 2.75) is 6.04 Å². The Morgan fingerprint density at radius 1 is 0.909 bits per heavy atom. The maximum atomic E-state index is 12.8. The number of amides is 1. The second-order valence-electron chi connectivity index (χ2n) is 8.21. The summed E-state index contributed by atoms with van der Waals surface area (Å²) in [6.07, 6.45) is 0. The molecule has 7 heteroatoms. The molecule has 3 aromatic carbocycles. The summed E-state index contributed by atoms with van der Waals surface area (Å²) in [7, 11) is 0. The van der Waals surface area contributed by atoms with E-state index in [4.69, 9.17) is 21.1 Å². The maximum Gasteiger partial charge on any atom is 0.251 e. The number of fused-ring (bicyclic) bond motifs is 1. The number of hydrogen-bond donors (Lipinski definition) is 1. The van der Waals surface area contributed by atoms with Crippen LogP contribution in [0.1, 0.15) is 22.0 Å². The van der Waals surface area contributed by atoms with Crippen molar-refractivity contribution in [2.75, 3.05) is 44.4 Å². The third-order valence-electron chi connectivity index (χ3n) is 6.20. The summed E-state index contributed by atoms with van der Waals surface area (Å²) in [4.78, 5) is 17.6. The number of rotatable bonds is 6. The van der Waals surface area contributed by atoms with Gasteiger partial charge >= 0.3 is 0 Å². The van der Waals surface area contributed by atoms with Crippen molar-refractivity contribution in [1.29, 1.82) is 0 Å². The molecule has 5 rings (SSSR count). The lowest BCUT2D eigenvalue weighted by molar-refractivity contribution is 0.0930. The third-order valence-corrected chi connectivity index (χ3v) is 6.44. The van der Waals surface area contributed by atoms with E-state index in [2.05, 4.69) is 45.4 Å². The van der Waals surface area contributed by atoms with E-state index in [-0.39, 0.29) is 18.7 Å². The molecule has 1 atom stereocenters. The Hall–Kier alpha value is -3.22. The molecule has 2 aliphatic heterocycles. The van der Waals surface area contributed by atoms with Crippen LogP contribution in [0.15, 0.2) is 72.8 Å². The van der Waals surface area contributed by atoms with Gasteiger partial charge < -0.3 is 19.7 Å². The van der Waals surface area contributed by atoms with Crippen LogP contribution in [-0.4, -0.2) is 50.3 Å². The minimum atomic E-state index is -0.133. The monoisotopic (exact) mass is 463 g/mol. The summed E-state index contributed by atoms with van der Waals surface area (Å²) < 4.78 is 11.1. The Labute approximate surface area is 198 Å². The molecule has 3 aromatic rings. The molecule has 2 heterocycles. The van der Waals surface area contributed by atoms with Crippen molar-refractivity contribution in [3.8, 4) is 11.5 Å². The molecule has 6 nitrogen and oxygen atoms in total. The van der Waals surface area contributed by atoms with E-state index < -0.39 is 0 Å². The fourth-order valence-corrected chi connectivity index (χ4v) is 4.62. The van der Waals surface area contributed by atoms with Gasteiger partial charge in [-0.05, 0) is 48.0 Å². The molecule has 1 amide bonds. The van der Waals surface area contributed by atoms with Gasteiger partial charge in [0, 0.05) is 49.0 Å².